The van der Waals surface area contributed by atoms with Crippen molar-refractivity contribution in [2.24, 2.45) is 5.92 Å². The van der Waals surface area contributed by atoms with E-state index < -0.39 is 5.97 Å². The molecule has 0 radical (unpaired) electrons. The van der Waals surface area contributed by atoms with Crippen molar-refractivity contribution >= 4 is 5.97 Å². The highest BCUT2D eigenvalue weighted by Crippen LogP contribution is 1.90. The van der Waals surface area contributed by atoms with Gasteiger partial charge >= 0.3 is 5.97 Å². The molecule has 3 nitrogen and oxygen atoms in total. The summed E-state index contributed by atoms with van der Waals surface area (Å²) in [6.45, 7) is 8.72. The topological polar surface area (TPSA) is 49.3 Å². The zero-order chi connectivity index (χ0) is 8.85. The number of carboxylic acid groups (broad SMARTS) is 1. The molecule has 0 unspecified atom stereocenters. The Morgan fingerprint density at radius 1 is 1.64 bits per heavy atom. The Bertz CT molecular complexity index is 152. The summed E-state index contributed by atoms with van der Waals surface area (Å²) in [5.74, 6) is -0.391. The smallest absolute Gasteiger partial charge is 0.332 e. The maximum absolute atomic E-state index is 10.2. The molecule has 3 heteroatoms. The lowest BCUT2D eigenvalue weighted by Crippen LogP contribution is -2.24. The third-order valence-electron chi connectivity index (χ3n) is 1.19. The minimum absolute atomic E-state index is 0.214. The molecule has 0 atom stereocenters. The quantitative estimate of drug-likeness (QED) is 0.582. The van der Waals surface area contributed by atoms with Gasteiger partial charge in [0.1, 0.15) is 0 Å². The van der Waals surface area contributed by atoms with Crippen LogP contribution in [0.2, 0.25) is 0 Å². The lowest BCUT2D eigenvalue weighted by Gasteiger charge is -2.06. The molecule has 0 heterocycles. The van der Waals surface area contributed by atoms with Gasteiger partial charge in [-0.15, -0.1) is 0 Å². The van der Waals surface area contributed by atoms with Gasteiger partial charge in [-0.05, 0) is 12.5 Å². The summed E-state index contributed by atoms with van der Waals surface area (Å²) in [7, 11) is 0. The van der Waals surface area contributed by atoms with Crippen molar-refractivity contribution in [3.63, 3.8) is 0 Å². The van der Waals surface area contributed by atoms with Gasteiger partial charge in [0, 0.05) is 12.1 Å². The van der Waals surface area contributed by atoms with Crippen molar-refractivity contribution in [2.75, 3.05) is 13.1 Å². The van der Waals surface area contributed by atoms with E-state index in [0.717, 1.165) is 6.54 Å². The molecule has 0 bridgehead atoms. The van der Waals surface area contributed by atoms with Gasteiger partial charge < -0.3 is 10.4 Å². The van der Waals surface area contributed by atoms with E-state index in [4.69, 9.17) is 5.11 Å². The molecular formula is C8H15NO2. The Morgan fingerprint density at radius 2 is 2.18 bits per heavy atom. The zero-order valence-electron chi connectivity index (χ0n) is 7.05. The molecule has 0 fully saturated rings. The van der Waals surface area contributed by atoms with Crippen LogP contribution < -0.4 is 5.32 Å². The van der Waals surface area contributed by atoms with Gasteiger partial charge in [-0.1, -0.05) is 20.4 Å². The highest BCUT2D eigenvalue weighted by molar-refractivity contribution is 5.86. The van der Waals surface area contributed by atoms with Gasteiger partial charge in [-0.3, -0.25) is 0 Å². The minimum atomic E-state index is -0.929. The van der Waals surface area contributed by atoms with Crippen molar-refractivity contribution in [1.82, 2.24) is 5.32 Å². The Kier molecular flexibility index (Phi) is 4.54. The lowest BCUT2D eigenvalue weighted by atomic mass is 10.2. The molecule has 0 aromatic heterocycles. The Labute approximate surface area is 67.1 Å². The number of nitrogens with one attached hydrogen (secondary N) is 1. The van der Waals surface area contributed by atoms with Crippen LogP contribution in [0, 0.1) is 5.92 Å². The molecule has 64 valence electrons. The Hall–Kier alpha value is -0.830. The Balaban J connectivity index is 3.40. The number of aliphatic carboxylic acids is 1. The van der Waals surface area contributed by atoms with E-state index in [9.17, 15) is 4.79 Å². The van der Waals surface area contributed by atoms with Gasteiger partial charge in [-0.25, -0.2) is 4.79 Å². The van der Waals surface area contributed by atoms with Crippen LogP contribution in [-0.2, 0) is 4.79 Å². The van der Waals surface area contributed by atoms with Crippen molar-refractivity contribution in [3.05, 3.63) is 12.2 Å². The molecule has 0 aliphatic carbocycles. The summed E-state index contributed by atoms with van der Waals surface area (Å²) in [4.78, 5) is 10.2. The third kappa shape index (κ3) is 5.61. The predicted octanol–water partition coefficient (Wildman–Crippen LogP) is 0.873. The number of rotatable bonds is 5. The van der Waals surface area contributed by atoms with Gasteiger partial charge in [0.2, 0.25) is 0 Å². The normalized spacial score (nSPS) is 10.1. The largest absolute Gasteiger partial charge is 0.478 e. The molecule has 0 aliphatic heterocycles. The molecule has 0 saturated heterocycles. The average molecular weight is 157 g/mol. The van der Waals surface area contributed by atoms with E-state index in [1.807, 2.05) is 0 Å². The summed E-state index contributed by atoms with van der Waals surface area (Å²) in [5, 5.41) is 11.4. The highest BCUT2D eigenvalue weighted by atomic mass is 16.4. The van der Waals surface area contributed by atoms with Crippen LogP contribution in [0.25, 0.3) is 0 Å². The van der Waals surface area contributed by atoms with Crippen LogP contribution in [0.3, 0.4) is 0 Å². The van der Waals surface area contributed by atoms with E-state index in [2.05, 4.69) is 25.7 Å². The fourth-order valence-electron chi connectivity index (χ4n) is 0.587. The monoisotopic (exact) mass is 157 g/mol. The molecule has 0 aromatic rings. The van der Waals surface area contributed by atoms with Crippen molar-refractivity contribution < 1.29 is 9.90 Å². The van der Waals surface area contributed by atoms with Gasteiger partial charge in [-0.2, -0.15) is 0 Å². The van der Waals surface area contributed by atoms with Crippen LogP contribution in [-0.4, -0.2) is 24.2 Å². The highest BCUT2D eigenvalue weighted by Gasteiger charge is 2.02. The lowest BCUT2D eigenvalue weighted by molar-refractivity contribution is -0.132. The van der Waals surface area contributed by atoms with Crippen LogP contribution >= 0.6 is 0 Å². The zero-order valence-corrected chi connectivity index (χ0v) is 7.05. The summed E-state index contributed by atoms with van der Waals surface area (Å²) in [6.07, 6.45) is 0. The minimum Gasteiger partial charge on any atom is -0.478 e. The molecular weight excluding hydrogens is 142 g/mol. The van der Waals surface area contributed by atoms with Crippen LogP contribution in [0.4, 0.5) is 0 Å². The molecule has 0 aromatic carbocycles. The molecule has 0 saturated carbocycles. The van der Waals surface area contributed by atoms with Gasteiger partial charge in [0.05, 0.1) is 0 Å². The Morgan fingerprint density at radius 3 is 2.55 bits per heavy atom. The van der Waals surface area contributed by atoms with Crippen molar-refractivity contribution in [3.8, 4) is 0 Å². The SMILES string of the molecule is C=C(CNCC(C)C)C(=O)O. The maximum Gasteiger partial charge on any atom is 0.332 e. The van der Waals surface area contributed by atoms with Crippen LogP contribution in [0.15, 0.2) is 12.2 Å². The van der Waals surface area contributed by atoms with Gasteiger partial charge in [0.15, 0.2) is 0 Å². The standard InChI is InChI=1S/C8H15NO2/c1-6(2)4-9-5-7(3)8(10)11/h6,9H,3-5H2,1-2H3,(H,10,11). The van der Waals surface area contributed by atoms with E-state index >= 15 is 0 Å². The summed E-state index contributed by atoms with van der Waals surface area (Å²) < 4.78 is 0. The first-order chi connectivity index (χ1) is 5.04. The molecule has 0 spiro atoms. The second-order valence-corrected chi connectivity index (χ2v) is 2.93. The fourth-order valence-corrected chi connectivity index (χ4v) is 0.587. The summed E-state index contributed by atoms with van der Waals surface area (Å²) >= 11 is 0. The third-order valence-corrected chi connectivity index (χ3v) is 1.19. The first-order valence-electron chi connectivity index (χ1n) is 3.65. The first kappa shape index (κ1) is 10.2. The van der Waals surface area contributed by atoms with Crippen molar-refractivity contribution in [1.29, 1.82) is 0 Å². The van der Waals surface area contributed by atoms with Crippen molar-refractivity contribution in [2.45, 2.75) is 13.8 Å². The molecule has 0 rings (SSSR count). The number of hydrogen-bond donors (Lipinski definition) is 2. The number of hydrogen-bond acceptors (Lipinski definition) is 2. The predicted molar refractivity (Wildman–Crippen MR) is 44.5 cm³/mol. The average Bonchev–Trinajstić information content (AvgIpc) is 1.86. The van der Waals surface area contributed by atoms with Crippen LogP contribution in [0.1, 0.15) is 13.8 Å². The molecule has 0 aliphatic rings. The number of carbonyl (C=O) groups is 1. The summed E-state index contributed by atoms with van der Waals surface area (Å²) in [6, 6.07) is 0. The fraction of sp³-hybridized carbons (Fsp3) is 0.625. The second-order valence-electron chi connectivity index (χ2n) is 2.93. The van der Waals surface area contributed by atoms with E-state index in [1.54, 1.807) is 0 Å². The maximum atomic E-state index is 10.2. The first-order valence-corrected chi connectivity index (χ1v) is 3.65. The van der Waals surface area contributed by atoms with Gasteiger partial charge in [0.25, 0.3) is 0 Å². The van der Waals surface area contributed by atoms with Crippen LogP contribution in [0.5, 0.6) is 0 Å². The molecule has 11 heavy (non-hydrogen) atoms. The van der Waals surface area contributed by atoms with E-state index in [0.29, 0.717) is 12.5 Å². The molecule has 2 N–H and O–H groups in total. The van der Waals surface area contributed by atoms with E-state index in [-0.39, 0.29) is 5.57 Å². The second kappa shape index (κ2) is 4.91. The summed E-state index contributed by atoms with van der Waals surface area (Å²) in [5.41, 5.74) is 0.214. The molecule has 0 amide bonds. The van der Waals surface area contributed by atoms with E-state index in [1.165, 1.54) is 0 Å². The number of carboxylic acids is 1.